The number of furan rings is 2. The molecule has 6 aromatic carbocycles. The van der Waals surface area contributed by atoms with Crippen molar-refractivity contribution in [1.29, 1.82) is 0 Å². The van der Waals surface area contributed by atoms with Gasteiger partial charge in [-0.25, -0.2) is 15.0 Å². The quantitative estimate of drug-likeness (QED) is 0.187. The van der Waals surface area contributed by atoms with Gasteiger partial charge in [0.15, 0.2) is 17.5 Å². The molecule has 10 rings (SSSR count). The molecule has 0 amide bonds. The van der Waals surface area contributed by atoms with Gasteiger partial charge in [-0.3, -0.25) is 0 Å². The molecule has 5 heteroatoms. The Morgan fingerprint density at radius 2 is 1.04 bits per heavy atom. The molecule has 236 valence electrons. The fraction of sp³-hybridized carbons (Fsp3) is 0.0444. The SMILES string of the molecule is C1=CC(c2cc(-c3cccc4oc5cc(-c6nc(-c7ccccc7)nc(-c7ccccc7)n6)ccc5c34)cc3oc4ccccc4c23)=CCC1. The smallest absolute Gasteiger partial charge is 0.164 e. The fourth-order valence-corrected chi connectivity index (χ4v) is 7.19. The number of fused-ring (bicyclic) bond motifs is 6. The number of para-hydroxylation sites is 1. The Kier molecular flexibility index (Phi) is 6.56. The lowest BCUT2D eigenvalue weighted by Crippen LogP contribution is -2.00. The lowest BCUT2D eigenvalue weighted by Gasteiger charge is -2.12. The predicted molar refractivity (Wildman–Crippen MR) is 202 cm³/mol. The van der Waals surface area contributed by atoms with Gasteiger partial charge >= 0.3 is 0 Å². The molecule has 1 aliphatic rings. The van der Waals surface area contributed by atoms with Crippen LogP contribution in [0.4, 0.5) is 0 Å². The van der Waals surface area contributed by atoms with E-state index in [1.54, 1.807) is 0 Å². The van der Waals surface area contributed by atoms with Gasteiger partial charge in [0.05, 0.1) is 0 Å². The minimum Gasteiger partial charge on any atom is -0.456 e. The Morgan fingerprint density at radius 3 is 1.78 bits per heavy atom. The number of rotatable bonds is 5. The summed E-state index contributed by atoms with van der Waals surface area (Å²) >= 11 is 0. The lowest BCUT2D eigenvalue weighted by atomic mass is 9.91. The first-order valence-electron chi connectivity index (χ1n) is 16.9. The molecule has 3 heterocycles. The second-order valence-corrected chi connectivity index (χ2v) is 12.7. The molecular formula is C45H29N3O2. The molecule has 1 aliphatic carbocycles. The molecule has 0 N–H and O–H groups in total. The van der Waals surface area contributed by atoms with E-state index in [0.29, 0.717) is 17.5 Å². The van der Waals surface area contributed by atoms with Crippen LogP contribution < -0.4 is 0 Å². The monoisotopic (exact) mass is 643 g/mol. The molecule has 0 fully saturated rings. The van der Waals surface area contributed by atoms with Crippen molar-refractivity contribution >= 4 is 49.5 Å². The van der Waals surface area contributed by atoms with Gasteiger partial charge in [0, 0.05) is 38.2 Å². The van der Waals surface area contributed by atoms with E-state index in [1.165, 1.54) is 11.1 Å². The molecule has 0 radical (unpaired) electrons. The number of allylic oxidation sites excluding steroid dienone is 4. The van der Waals surface area contributed by atoms with E-state index in [-0.39, 0.29) is 0 Å². The van der Waals surface area contributed by atoms with Crippen molar-refractivity contribution in [3.63, 3.8) is 0 Å². The summed E-state index contributed by atoms with van der Waals surface area (Å²) in [5.41, 5.74) is 10.7. The van der Waals surface area contributed by atoms with E-state index < -0.39 is 0 Å². The summed E-state index contributed by atoms with van der Waals surface area (Å²) in [6.45, 7) is 0. The molecule has 50 heavy (non-hydrogen) atoms. The Balaban J connectivity index is 1.15. The van der Waals surface area contributed by atoms with E-state index >= 15 is 0 Å². The molecule has 0 saturated carbocycles. The predicted octanol–water partition coefficient (Wildman–Crippen LogP) is 12.1. The zero-order valence-corrected chi connectivity index (χ0v) is 27.0. The third-order valence-corrected chi connectivity index (χ3v) is 9.55. The van der Waals surface area contributed by atoms with Gasteiger partial charge < -0.3 is 8.83 Å². The normalized spacial score (nSPS) is 13.1. The second-order valence-electron chi connectivity index (χ2n) is 12.7. The highest BCUT2D eigenvalue weighted by atomic mass is 16.3. The summed E-state index contributed by atoms with van der Waals surface area (Å²) in [5.74, 6) is 1.84. The fourth-order valence-electron chi connectivity index (χ4n) is 7.19. The van der Waals surface area contributed by atoms with Crippen LogP contribution in [0.1, 0.15) is 18.4 Å². The van der Waals surface area contributed by atoms with E-state index in [1.807, 2.05) is 84.9 Å². The highest BCUT2D eigenvalue weighted by Crippen LogP contribution is 2.43. The van der Waals surface area contributed by atoms with Crippen LogP contribution in [0, 0.1) is 0 Å². The van der Waals surface area contributed by atoms with Crippen molar-refractivity contribution < 1.29 is 8.83 Å². The average molecular weight is 644 g/mol. The first kappa shape index (κ1) is 28.4. The largest absolute Gasteiger partial charge is 0.456 e. The van der Waals surface area contributed by atoms with E-state index in [4.69, 9.17) is 23.8 Å². The van der Waals surface area contributed by atoms with Crippen LogP contribution in [0.3, 0.4) is 0 Å². The second kappa shape index (κ2) is 11.5. The summed E-state index contributed by atoms with van der Waals surface area (Å²) in [7, 11) is 0. The molecule has 0 saturated heterocycles. The van der Waals surface area contributed by atoms with Crippen LogP contribution in [0.15, 0.2) is 161 Å². The highest BCUT2D eigenvalue weighted by molar-refractivity contribution is 6.16. The molecule has 0 aliphatic heterocycles. The van der Waals surface area contributed by atoms with Gasteiger partial charge in [-0.1, -0.05) is 115 Å². The first-order chi connectivity index (χ1) is 24.8. The number of nitrogens with zero attached hydrogens (tertiary/aromatic N) is 3. The zero-order valence-electron chi connectivity index (χ0n) is 27.0. The summed E-state index contributed by atoms with van der Waals surface area (Å²) < 4.78 is 13.1. The van der Waals surface area contributed by atoms with Gasteiger partial charge in [0.25, 0.3) is 0 Å². The van der Waals surface area contributed by atoms with Crippen LogP contribution in [-0.2, 0) is 0 Å². The molecule has 0 spiro atoms. The third-order valence-electron chi connectivity index (χ3n) is 9.55. The molecule has 0 bridgehead atoms. The number of hydrogen-bond donors (Lipinski definition) is 0. The third kappa shape index (κ3) is 4.74. The van der Waals surface area contributed by atoms with Crippen LogP contribution >= 0.6 is 0 Å². The van der Waals surface area contributed by atoms with Crippen molar-refractivity contribution in [3.8, 4) is 45.3 Å². The van der Waals surface area contributed by atoms with Crippen LogP contribution in [-0.4, -0.2) is 15.0 Å². The Labute approximate surface area is 287 Å². The topological polar surface area (TPSA) is 65.0 Å². The van der Waals surface area contributed by atoms with Crippen molar-refractivity contribution in [2.24, 2.45) is 0 Å². The molecule has 9 aromatic rings. The number of benzene rings is 6. The Morgan fingerprint density at radius 1 is 0.420 bits per heavy atom. The van der Waals surface area contributed by atoms with Gasteiger partial charge in [0.1, 0.15) is 22.3 Å². The molecule has 3 aromatic heterocycles. The molecule has 5 nitrogen and oxygen atoms in total. The van der Waals surface area contributed by atoms with E-state index in [0.717, 1.165) is 84.5 Å². The summed E-state index contributed by atoms with van der Waals surface area (Å²) in [4.78, 5) is 14.7. The van der Waals surface area contributed by atoms with Crippen molar-refractivity contribution in [2.75, 3.05) is 0 Å². The van der Waals surface area contributed by atoms with Crippen LogP contribution in [0.25, 0.3) is 94.7 Å². The minimum absolute atomic E-state index is 0.592. The highest BCUT2D eigenvalue weighted by Gasteiger charge is 2.20. The number of aromatic nitrogens is 3. The van der Waals surface area contributed by atoms with Gasteiger partial charge in [-0.05, 0) is 71.5 Å². The van der Waals surface area contributed by atoms with Crippen LogP contribution in [0.5, 0.6) is 0 Å². The first-order valence-corrected chi connectivity index (χ1v) is 16.9. The minimum atomic E-state index is 0.592. The van der Waals surface area contributed by atoms with Crippen LogP contribution in [0.2, 0.25) is 0 Å². The van der Waals surface area contributed by atoms with Gasteiger partial charge in [0.2, 0.25) is 0 Å². The maximum absolute atomic E-state index is 6.57. The van der Waals surface area contributed by atoms with Crippen molar-refractivity contribution in [1.82, 2.24) is 15.0 Å². The maximum Gasteiger partial charge on any atom is 0.164 e. The Bertz CT molecular complexity index is 2750. The van der Waals surface area contributed by atoms with Crippen molar-refractivity contribution in [2.45, 2.75) is 12.8 Å². The van der Waals surface area contributed by atoms with Gasteiger partial charge in [-0.2, -0.15) is 0 Å². The molecular weight excluding hydrogens is 615 g/mol. The maximum atomic E-state index is 6.57. The lowest BCUT2D eigenvalue weighted by molar-refractivity contribution is 0.668. The van der Waals surface area contributed by atoms with Crippen molar-refractivity contribution in [3.05, 3.63) is 157 Å². The standard InChI is InChI=1S/C45H29N3O2/c1-4-13-28(14-5-1)36-25-32(27-40-42(36)34-19-10-11-21-37(34)49-40)33-20-12-22-38-41(33)35-24-23-31(26-39(35)50-38)45-47-43(29-15-6-2-7-16-29)46-44(48-45)30-17-8-3-9-18-30/h2-4,6-27H,1,5H2. The summed E-state index contributed by atoms with van der Waals surface area (Å²) in [6, 6.07) is 45.4. The molecule has 0 unspecified atom stereocenters. The van der Waals surface area contributed by atoms with Gasteiger partial charge in [-0.15, -0.1) is 0 Å². The Hall–Kier alpha value is -6.59. The number of hydrogen-bond acceptors (Lipinski definition) is 5. The average Bonchev–Trinajstić information content (AvgIpc) is 3.76. The molecule has 0 atom stereocenters. The summed E-state index contributed by atoms with van der Waals surface area (Å²) in [6.07, 6.45) is 8.93. The summed E-state index contributed by atoms with van der Waals surface area (Å²) in [5, 5.41) is 4.38. The zero-order chi connectivity index (χ0) is 33.0. The van der Waals surface area contributed by atoms with E-state index in [9.17, 15) is 0 Å². The van der Waals surface area contributed by atoms with E-state index in [2.05, 4.69) is 66.8 Å².